The zero-order valence-electron chi connectivity index (χ0n) is 13.6. The number of aliphatic carboxylic acids is 1. The summed E-state index contributed by atoms with van der Waals surface area (Å²) in [5, 5.41) is 9.63. The van der Waals surface area contributed by atoms with Crippen LogP contribution in [0, 0.1) is 16.7 Å². The average Bonchev–Trinajstić information content (AvgIpc) is 2.36. The SMILES string of the molecule is CCC1(C(=O)O)CCCN(C2CC(C)CC(C)(C)C2)C1. The molecule has 1 heterocycles. The van der Waals surface area contributed by atoms with E-state index in [4.69, 9.17) is 0 Å². The zero-order valence-corrected chi connectivity index (χ0v) is 13.6. The maximum Gasteiger partial charge on any atom is 0.310 e. The molecule has 0 aromatic rings. The minimum Gasteiger partial charge on any atom is -0.481 e. The first-order chi connectivity index (χ1) is 9.28. The number of nitrogens with zero attached hydrogens (tertiary/aromatic N) is 1. The molecule has 2 aliphatic rings. The summed E-state index contributed by atoms with van der Waals surface area (Å²) in [6.07, 6.45) is 6.39. The molecule has 3 atom stereocenters. The first-order valence-electron chi connectivity index (χ1n) is 8.25. The van der Waals surface area contributed by atoms with Gasteiger partial charge in [-0.25, -0.2) is 0 Å². The molecule has 1 N–H and O–H groups in total. The lowest BCUT2D eigenvalue weighted by atomic mass is 9.69. The van der Waals surface area contributed by atoms with Crippen LogP contribution in [-0.2, 0) is 4.79 Å². The number of piperidine rings is 1. The van der Waals surface area contributed by atoms with E-state index in [9.17, 15) is 9.90 Å². The smallest absolute Gasteiger partial charge is 0.310 e. The van der Waals surface area contributed by atoms with Gasteiger partial charge in [0.05, 0.1) is 5.41 Å². The van der Waals surface area contributed by atoms with E-state index in [1.54, 1.807) is 0 Å². The first-order valence-corrected chi connectivity index (χ1v) is 8.25. The number of carbonyl (C=O) groups is 1. The molecule has 1 aliphatic carbocycles. The molecule has 3 nitrogen and oxygen atoms in total. The monoisotopic (exact) mass is 281 g/mol. The van der Waals surface area contributed by atoms with E-state index >= 15 is 0 Å². The van der Waals surface area contributed by atoms with Crippen molar-refractivity contribution in [1.29, 1.82) is 0 Å². The van der Waals surface area contributed by atoms with Gasteiger partial charge in [0.1, 0.15) is 0 Å². The molecule has 0 radical (unpaired) electrons. The Balaban J connectivity index is 2.10. The molecule has 116 valence electrons. The molecular weight excluding hydrogens is 250 g/mol. The fourth-order valence-corrected chi connectivity index (χ4v) is 4.67. The van der Waals surface area contributed by atoms with Crippen LogP contribution < -0.4 is 0 Å². The number of hydrogen-bond acceptors (Lipinski definition) is 2. The van der Waals surface area contributed by atoms with E-state index in [0.717, 1.165) is 38.3 Å². The Morgan fingerprint density at radius 1 is 1.35 bits per heavy atom. The van der Waals surface area contributed by atoms with Gasteiger partial charge < -0.3 is 5.11 Å². The summed E-state index contributed by atoms with van der Waals surface area (Å²) >= 11 is 0. The van der Waals surface area contributed by atoms with Crippen molar-refractivity contribution in [3.8, 4) is 0 Å². The van der Waals surface area contributed by atoms with Crippen molar-refractivity contribution < 1.29 is 9.90 Å². The molecule has 1 aliphatic heterocycles. The lowest BCUT2D eigenvalue weighted by Gasteiger charge is -2.48. The maximum absolute atomic E-state index is 11.7. The third kappa shape index (κ3) is 3.19. The molecule has 3 heteroatoms. The molecule has 0 spiro atoms. The van der Waals surface area contributed by atoms with Gasteiger partial charge in [-0.3, -0.25) is 9.69 Å². The van der Waals surface area contributed by atoms with Crippen LogP contribution >= 0.6 is 0 Å². The largest absolute Gasteiger partial charge is 0.481 e. The number of carboxylic acid groups (broad SMARTS) is 1. The van der Waals surface area contributed by atoms with Gasteiger partial charge in [0, 0.05) is 12.6 Å². The van der Waals surface area contributed by atoms with E-state index in [1.165, 1.54) is 19.3 Å². The van der Waals surface area contributed by atoms with Crippen molar-refractivity contribution in [3.63, 3.8) is 0 Å². The minimum absolute atomic E-state index is 0.401. The summed E-state index contributed by atoms with van der Waals surface area (Å²) in [6, 6.07) is 0.583. The highest BCUT2D eigenvalue weighted by molar-refractivity contribution is 5.75. The molecule has 20 heavy (non-hydrogen) atoms. The van der Waals surface area contributed by atoms with Crippen molar-refractivity contribution in [3.05, 3.63) is 0 Å². The van der Waals surface area contributed by atoms with Crippen molar-refractivity contribution in [2.24, 2.45) is 16.7 Å². The third-order valence-corrected chi connectivity index (χ3v) is 5.62. The molecular formula is C17H31NO2. The number of rotatable bonds is 3. The number of likely N-dealkylation sites (tertiary alicyclic amines) is 1. The van der Waals surface area contributed by atoms with Crippen molar-refractivity contribution >= 4 is 5.97 Å². The Morgan fingerprint density at radius 3 is 2.60 bits per heavy atom. The van der Waals surface area contributed by atoms with Crippen LogP contribution in [0.2, 0.25) is 0 Å². The van der Waals surface area contributed by atoms with E-state index in [2.05, 4.69) is 25.7 Å². The summed E-state index contributed by atoms with van der Waals surface area (Å²) in [5.41, 5.74) is -0.0963. The lowest BCUT2D eigenvalue weighted by molar-refractivity contribution is -0.154. The predicted molar refractivity (Wildman–Crippen MR) is 81.8 cm³/mol. The second-order valence-corrected chi connectivity index (χ2v) is 8.08. The number of carboxylic acids is 1. The van der Waals surface area contributed by atoms with Crippen molar-refractivity contribution in [2.45, 2.75) is 72.3 Å². The van der Waals surface area contributed by atoms with E-state index in [1.807, 2.05) is 6.92 Å². The van der Waals surface area contributed by atoms with Crippen LogP contribution in [0.3, 0.4) is 0 Å². The highest BCUT2D eigenvalue weighted by Gasteiger charge is 2.44. The Labute approximate surface area is 123 Å². The molecule has 0 aromatic carbocycles. The van der Waals surface area contributed by atoms with Crippen LogP contribution in [0.25, 0.3) is 0 Å². The topological polar surface area (TPSA) is 40.5 Å². The Hall–Kier alpha value is -0.570. The normalized spacial score (nSPS) is 38.6. The van der Waals surface area contributed by atoms with Crippen LogP contribution in [0.5, 0.6) is 0 Å². The highest BCUT2D eigenvalue weighted by atomic mass is 16.4. The quantitative estimate of drug-likeness (QED) is 0.856. The molecule has 0 bridgehead atoms. The van der Waals surface area contributed by atoms with E-state index in [-0.39, 0.29) is 0 Å². The minimum atomic E-state index is -0.590. The van der Waals surface area contributed by atoms with Gasteiger partial charge >= 0.3 is 5.97 Å². The fourth-order valence-electron chi connectivity index (χ4n) is 4.67. The zero-order chi connectivity index (χ0) is 15.0. The van der Waals surface area contributed by atoms with Gasteiger partial charge in [-0.1, -0.05) is 27.7 Å². The van der Waals surface area contributed by atoms with Crippen molar-refractivity contribution in [1.82, 2.24) is 4.90 Å². The second-order valence-electron chi connectivity index (χ2n) is 8.08. The lowest BCUT2D eigenvalue weighted by Crippen LogP contribution is -2.53. The van der Waals surface area contributed by atoms with Crippen molar-refractivity contribution in [2.75, 3.05) is 13.1 Å². The van der Waals surface area contributed by atoms with Crippen LogP contribution in [-0.4, -0.2) is 35.1 Å². The third-order valence-electron chi connectivity index (χ3n) is 5.62. The Morgan fingerprint density at radius 2 is 2.05 bits per heavy atom. The Kier molecular flexibility index (Phi) is 4.48. The Bertz CT molecular complexity index is 366. The molecule has 2 rings (SSSR count). The van der Waals surface area contributed by atoms with E-state index < -0.39 is 11.4 Å². The highest BCUT2D eigenvalue weighted by Crippen LogP contribution is 2.43. The van der Waals surface area contributed by atoms with Gasteiger partial charge in [0.15, 0.2) is 0 Å². The molecule has 3 unspecified atom stereocenters. The molecule has 0 amide bonds. The van der Waals surface area contributed by atoms with Crippen LogP contribution in [0.15, 0.2) is 0 Å². The van der Waals surface area contributed by atoms with Gasteiger partial charge in [0.2, 0.25) is 0 Å². The molecule has 1 saturated heterocycles. The maximum atomic E-state index is 11.7. The summed E-state index contributed by atoms with van der Waals surface area (Å²) in [7, 11) is 0. The van der Waals surface area contributed by atoms with Gasteiger partial charge in [-0.2, -0.15) is 0 Å². The van der Waals surface area contributed by atoms with E-state index in [0.29, 0.717) is 11.5 Å². The molecule has 1 saturated carbocycles. The first kappa shape index (κ1) is 15.8. The molecule has 0 aromatic heterocycles. The molecule has 2 fully saturated rings. The predicted octanol–water partition coefficient (Wildman–Crippen LogP) is 3.78. The average molecular weight is 281 g/mol. The van der Waals surface area contributed by atoms with Gasteiger partial charge in [-0.15, -0.1) is 0 Å². The second kappa shape index (κ2) is 5.67. The van der Waals surface area contributed by atoms with Crippen LogP contribution in [0.4, 0.5) is 0 Å². The fraction of sp³-hybridized carbons (Fsp3) is 0.941. The van der Waals surface area contributed by atoms with Gasteiger partial charge in [-0.05, 0) is 56.4 Å². The standard InChI is InChI=1S/C17H31NO2/c1-5-17(15(19)20)7-6-8-18(12-17)14-9-13(2)10-16(3,4)11-14/h13-14H,5-12H2,1-4H3,(H,19,20). The summed E-state index contributed by atoms with van der Waals surface area (Å²) < 4.78 is 0. The van der Waals surface area contributed by atoms with Crippen LogP contribution in [0.1, 0.15) is 66.2 Å². The number of hydrogen-bond donors (Lipinski definition) is 1. The van der Waals surface area contributed by atoms with Gasteiger partial charge in [0.25, 0.3) is 0 Å². The summed E-state index contributed by atoms with van der Waals surface area (Å²) in [5.74, 6) is 0.166. The summed E-state index contributed by atoms with van der Waals surface area (Å²) in [4.78, 5) is 14.2. The summed E-state index contributed by atoms with van der Waals surface area (Å²) in [6.45, 7) is 11.0.